The summed E-state index contributed by atoms with van der Waals surface area (Å²) in [5.74, 6) is 0.603. The predicted molar refractivity (Wildman–Crippen MR) is 70.8 cm³/mol. The molecule has 0 radical (unpaired) electrons. The Morgan fingerprint density at radius 2 is 1.88 bits per heavy atom. The third-order valence-corrected chi connectivity index (χ3v) is 4.60. The van der Waals surface area contributed by atoms with Gasteiger partial charge in [0.2, 0.25) is 10.0 Å². The molecule has 0 heterocycles. The van der Waals surface area contributed by atoms with E-state index in [9.17, 15) is 8.42 Å². The van der Waals surface area contributed by atoms with Crippen molar-refractivity contribution in [2.24, 2.45) is 0 Å². The van der Waals surface area contributed by atoms with Crippen molar-refractivity contribution in [3.8, 4) is 5.75 Å². The molecule has 0 atom stereocenters. The normalized spacial score (nSPS) is 12.5. The molecule has 1 aromatic rings. The molecule has 1 rings (SSSR count). The Kier molecular flexibility index (Phi) is 4.22. The van der Waals surface area contributed by atoms with Gasteiger partial charge < -0.3 is 4.74 Å². The van der Waals surface area contributed by atoms with Gasteiger partial charge in [0.1, 0.15) is 5.75 Å². The topological polar surface area (TPSA) is 55.4 Å². The van der Waals surface area contributed by atoms with E-state index in [1.807, 2.05) is 0 Å². The van der Waals surface area contributed by atoms with Gasteiger partial charge in [0.05, 0.1) is 12.0 Å². The molecule has 6 heteroatoms. The molecule has 0 amide bonds. The van der Waals surface area contributed by atoms with Crippen molar-refractivity contribution in [1.82, 2.24) is 4.72 Å². The van der Waals surface area contributed by atoms with E-state index in [4.69, 9.17) is 4.74 Å². The van der Waals surface area contributed by atoms with E-state index in [1.54, 1.807) is 32.9 Å². The van der Waals surface area contributed by atoms with Gasteiger partial charge in [-0.05, 0) is 54.9 Å². The van der Waals surface area contributed by atoms with Crippen LogP contribution in [0.2, 0.25) is 0 Å². The molecule has 0 aliphatic rings. The zero-order chi connectivity index (χ0) is 13.3. The van der Waals surface area contributed by atoms with Gasteiger partial charge >= 0.3 is 0 Å². The van der Waals surface area contributed by atoms with Crippen LogP contribution in [0.15, 0.2) is 27.6 Å². The zero-order valence-electron chi connectivity index (χ0n) is 10.2. The first-order valence-corrected chi connectivity index (χ1v) is 7.31. The first kappa shape index (κ1) is 14.5. The van der Waals surface area contributed by atoms with Crippen LogP contribution in [0.3, 0.4) is 0 Å². The lowest BCUT2D eigenvalue weighted by atomic mass is 10.1. The molecule has 17 heavy (non-hydrogen) atoms. The van der Waals surface area contributed by atoms with Crippen LogP contribution < -0.4 is 9.46 Å². The summed E-state index contributed by atoms with van der Waals surface area (Å²) in [4.78, 5) is 0.202. The number of halogens is 1. The van der Waals surface area contributed by atoms with Crippen molar-refractivity contribution in [2.75, 3.05) is 7.11 Å². The number of rotatable bonds is 3. The Morgan fingerprint density at radius 3 is 2.29 bits per heavy atom. The Bertz CT molecular complexity index is 506. The summed E-state index contributed by atoms with van der Waals surface area (Å²) in [6.45, 7) is 5.38. The predicted octanol–water partition coefficient (Wildman–Crippen LogP) is 2.53. The Hall–Kier alpha value is -0.590. The summed E-state index contributed by atoms with van der Waals surface area (Å²) in [5, 5.41) is 0. The first-order chi connectivity index (χ1) is 7.65. The monoisotopic (exact) mass is 321 g/mol. The van der Waals surface area contributed by atoms with Crippen LogP contribution in [0.1, 0.15) is 20.8 Å². The molecule has 0 fully saturated rings. The zero-order valence-corrected chi connectivity index (χ0v) is 12.6. The van der Waals surface area contributed by atoms with Crippen LogP contribution in [-0.4, -0.2) is 21.1 Å². The number of hydrogen-bond acceptors (Lipinski definition) is 3. The lowest BCUT2D eigenvalue weighted by molar-refractivity contribution is 0.414. The molecule has 0 unspecified atom stereocenters. The Morgan fingerprint density at radius 1 is 1.29 bits per heavy atom. The van der Waals surface area contributed by atoms with Crippen molar-refractivity contribution < 1.29 is 13.2 Å². The molecular formula is C11H16BrNO3S. The van der Waals surface area contributed by atoms with Gasteiger partial charge in [0.25, 0.3) is 0 Å². The SMILES string of the molecule is COc1ccc(S(=O)(=O)NC(C)(C)C)c(Br)c1. The highest BCUT2D eigenvalue weighted by atomic mass is 79.9. The summed E-state index contributed by atoms with van der Waals surface area (Å²) >= 11 is 3.23. The van der Waals surface area contributed by atoms with E-state index < -0.39 is 15.6 Å². The Labute approximate surface area is 111 Å². The number of hydrogen-bond donors (Lipinski definition) is 1. The van der Waals surface area contributed by atoms with Gasteiger partial charge in [-0.1, -0.05) is 0 Å². The number of sulfonamides is 1. The lowest BCUT2D eigenvalue weighted by Gasteiger charge is -2.21. The second-order valence-corrected chi connectivity index (χ2v) is 7.16. The molecule has 0 saturated heterocycles. The van der Waals surface area contributed by atoms with Crippen LogP contribution in [-0.2, 0) is 10.0 Å². The van der Waals surface area contributed by atoms with Crippen LogP contribution in [0, 0.1) is 0 Å². The third-order valence-electron chi connectivity index (χ3n) is 1.87. The Balaban J connectivity index is 3.16. The summed E-state index contributed by atoms with van der Waals surface area (Å²) < 4.78 is 32.3. The van der Waals surface area contributed by atoms with Crippen LogP contribution >= 0.6 is 15.9 Å². The second-order valence-electron chi connectivity index (χ2n) is 4.65. The minimum atomic E-state index is -3.53. The second kappa shape index (κ2) is 4.96. The largest absolute Gasteiger partial charge is 0.497 e. The quantitative estimate of drug-likeness (QED) is 0.930. The van der Waals surface area contributed by atoms with E-state index in [-0.39, 0.29) is 4.90 Å². The number of ether oxygens (including phenoxy) is 1. The molecule has 0 saturated carbocycles. The molecule has 0 aromatic heterocycles. The summed E-state index contributed by atoms with van der Waals surface area (Å²) in [7, 11) is -1.99. The minimum Gasteiger partial charge on any atom is -0.497 e. The van der Waals surface area contributed by atoms with E-state index in [0.717, 1.165) is 0 Å². The maximum Gasteiger partial charge on any atom is 0.242 e. The molecule has 0 bridgehead atoms. The smallest absolute Gasteiger partial charge is 0.242 e. The van der Waals surface area contributed by atoms with Crippen molar-refractivity contribution in [2.45, 2.75) is 31.2 Å². The van der Waals surface area contributed by atoms with Gasteiger partial charge in [-0.3, -0.25) is 0 Å². The highest BCUT2D eigenvalue weighted by molar-refractivity contribution is 9.10. The van der Waals surface area contributed by atoms with Gasteiger partial charge in [-0.2, -0.15) is 0 Å². The average Bonchev–Trinajstić information content (AvgIpc) is 2.13. The maximum atomic E-state index is 12.1. The first-order valence-electron chi connectivity index (χ1n) is 5.03. The van der Waals surface area contributed by atoms with E-state index in [0.29, 0.717) is 10.2 Å². The van der Waals surface area contributed by atoms with Gasteiger partial charge in [0.15, 0.2) is 0 Å². The van der Waals surface area contributed by atoms with Gasteiger partial charge in [-0.25, -0.2) is 13.1 Å². The molecule has 1 aromatic carbocycles. The van der Waals surface area contributed by atoms with E-state index in [1.165, 1.54) is 13.2 Å². The average molecular weight is 322 g/mol. The fraction of sp³-hybridized carbons (Fsp3) is 0.455. The van der Waals surface area contributed by atoms with Gasteiger partial charge in [-0.15, -0.1) is 0 Å². The minimum absolute atomic E-state index is 0.202. The molecule has 0 aliphatic heterocycles. The third kappa shape index (κ3) is 3.97. The summed E-state index contributed by atoms with van der Waals surface area (Å²) in [5.41, 5.74) is -0.516. The highest BCUT2D eigenvalue weighted by Crippen LogP contribution is 2.27. The van der Waals surface area contributed by atoms with Crippen molar-refractivity contribution in [1.29, 1.82) is 0 Å². The van der Waals surface area contributed by atoms with Crippen LogP contribution in [0.25, 0.3) is 0 Å². The van der Waals surface area contributed by atoms with Crippen molar-refractivity contribution in [3.63, 3.8) is 0 Å². The number of benzene rings is 1. The van der Waals surface area contributed by atoms with E-state index in [2.05, 4.69) is 20.7 Å². The van der Waals surface area contributed by atoms with E-state index >= 15 is 0 Å². The molecule has 96 valence electrons. The van der Waals surface area contributed by atoms with Crippen LogP contribution in [0.5, 0.6) is 5.75 Å². The van der Waals surface area contributed by atoms with Crippen molar-refractivity contribution in [3.05, 3.63) is 22.7 Å². The van der Waals surface area contributed by atoms with Crippen LogP contribution in [0.4, 0.5) is 0 Å². The molecule has 1 N–H and O–H groups in total. The molecule has 0 spiro atoms. The fourth-order valence-corrected chi connectivity index (χ4v) is 3.76. The lowest BCUT2D eigenvalue weighted by Crippen LogP contribution is -2.40. The molecule has 4 nitrogen and oxygen atoms in total. The standard InChI is InChI=1S/C11H16BrNO3S/c1-11(2,3)13-17(14,15)10-6-5-8(16-4)7-9(10)12/h5-7,13H,1-4H3. The van der Waals surface area contributed by atoms with Crippen molar-refractivity contribution >= 4 is 26.0 Å². The maximum absolute atomic E-state index is 12.1. The summed E-state index contributed by atoms with van der Waals surface area (Å²) in [6.07, 6.45) is 0. The summed E-state index contributed by atoms with van der Waals surface area (Å²) in [6, 6.07) is 4.75. The highest BCUT2D eigenvalue weighted by Gasteiger charge is 2.24. The fourth-order valence-electron chi connectivity index (χ4n) is 1.28. The number of nitrogens with one attached hydrogen (secondary N) is 1. The molecular weight excluding hydrogens is 306 g/mol. The number of methoxy groups -OCH3 is 1. The molecule has 0 aliphatic carbocycles. The van der Waals surface area contributed by atoms with Gasteiger partial charge in [0, 0.05) is 10.0 Å².